The molecule has 0 unspecified atom stereocenters. The molecular weight excluding hydrogens is 254 g/mol. The first-order valence-corrected chi connectivity index (χ1v) is 7.40. The molecule has 0 saturated carbocycles. The maximum absolute atomic E-state index is 8.37. The van der Waals surface area contributed by atoms with Gasteiger partial charge < -0.3 is 10.6 Å². The Morgan fingerprint density at radius 1 is 1.32 bits per heavy atom. The summed E-state index contributed by atoms with van der Waals surface area (Å²) in [7, 11) is 0. The van der Waals surface area contributed by atoms with Gasteiger partial charge in [0.1, 0.15) is 0 Å². The van der Waals surface area contributed by atoms with Gasteiger partial charge in [0.2, 0.25) is 0 Å². The lowest BCUT2D eigenvalue weighted by atomic mass is 10.0. The summed E-state index contributed by atoms with van der Waals surface area (Å²) in [6.45, 7) is 4.76. The standard InChI is InChI=1S/C15H17N3S/c1-2-17-8-10-3-4-11-13(7-10)18-9-14-12(15(11)16)5-6-19-14/h3-7,16-18H,2,8-9H2,1H3. The predicted octanol–water partition coefficient (Wildman–Crippen LogP) is 3.20. The van der Waals surface area contributed by atoms with Crippen LogP contribution in [0.1, 0.15) is 28.5 Å². The second kappa shape index (κ2) is 5.15. The molecule has 0 aliphatic carbocycles. The molecule has 4 heteroatoms. The molecule has 19 heavy (non-hydrogen) atoms. The molecule has 0 saturated heterocycles. The molecule has 0 spiro atoms. The number of benzene rings is 1. The molecule has 0 atom stereocenters. The molecule has 1 aliphatic heterocycles. The van der Waals surface area contributed by atoms with Crippen LogP contribution in [0.5, 0.6) is 0 Å². The van der Waals surface area contributed by atoms with Crippen LogP contribution in [-0.2, 0) is 13.1 Å². The quantitative estimate of drug-likeness (QED) is 0.803. The van der Waals surface area contributed by atoms with Gasteiger partial charge in [0.15, 0.2) is 0 Å². The monoisotopic (exact) mass is 271 g/mol. The Morgan fingerprint density at radius 3 is 3.05 bits per heavy atom. The van der Waals surface area contributed by atoms with Gasteiger partial charge in [0.25, 0.3) is 0 Å². The highest BCUT2D eigenvalue weighted by Crippen LogP contribution is 2.29. The summed E-state index contributed by atoms with van der Waals surface area (Å²) in [6.07, 6.45) is 0. The van der Waals surface area contributed by atoms with Gasteiger partial charge in [-0.25, -0.2) is 0 Å². The van der Waals surface area contributed by atoms with E-state index in [9.17, 15) is 0 Å². The van der Waals surface area contributed by atoms with E-state index in [2.05, 4.69) is 41.1 Å². The first kappa shape index (κ1) is 12.4. The topological polar surface area (TPSA) is 47.9 Å². The number of thiophene rings is 1. The summed E-state index contributed by atoms with van der Waals surface area (Å²) in [5, 5.41) is 17.2. The summed E-state index contributed by atoms with van der Waals surface area (Å²) in [5.74, 6) is 0. The first-order valence-electron chi connectivity index (χ1n) is 6.52. The van der Waals surface area contributed by atoms with E-state index in [1.807, 2.05) is 6.07 Å². The molecule has 0 amide bonds. The summed E-state index contributed by atoms with van der Waals surface area (Å²) < 4.78 is 0. The van der Waals surface area contributed by atoms with Gasteiger partial charge in [-0.3, -0.25) is 5.41 Å². The predicted molar refractivity (Wildman–Crippen MR) is 81.4 cm³/mol. The Balaban J connectivity index is 1.96. The minimum atomic E-state index is 0.631. The van der Waals surface area contributed by atoms with Gasteiger partial charge in [0, 0.05) is 28.2 Å². The molecule has 0 fully saturated rings. The zero-order chi connectivity index (χ0) is 13.2. The molecule has 0 bridgehead atoms. The van der Waals surface area contributed by atoms with Crippen LogP contribution < -0.4 is 10.6 Å². The van der Waals surface area contributed by atoms with Gasteiger partial charge >= 0.3 is 0 Å². The average molecular weight is 271 g/mol. The average Bonchev–Trinajstić information content (AvgIpc) is 2.86. The first-order chi connectivity index (χ1) is 9.29. The van der Waals surface area contributed by atoms with Crippen molar-refractivity contribution in [3.8, 4) is 0 Å². The van der Waals surface area contributed by atoms with Crippen molar-refractivity contribution in [2.75, 3.05) is 11.9 Å². The number of anilines is 1. The molecule has 3 nitrogen and oxygen atoms in total. The minimum Gasteiger partial charge on any atom is -0.380 e. The number of hydrogen-bond donors (Lipinski definition) is 3. The molecule has 3 N–H and O–H groups in total. The molecule has 0 radical (unpaired) electrons. The highest BCUT2D eigenvalue weighted by Gasteiger charge is 2.18. The van der Waals surface area contributed by atoms with E-state index >= 15 is 0 Å². The van der Waals surface area contributed by atoms with E-state index < -0.39 is 0 Å². The molecule has 1 aromatic heterocycles. The van der Waals surface area contributed by atoms with Crippen LogP contribution in [0, 0.1) is 5.41 Å². The summed E-state index contributed by atoms with van der Waals surface area (Å²) in [5.41, 5.74) is 5.02. The lowest BCUT2D eigenvalue weighted by Crippen LogP contribution is -2.12. The third-order valence-corrected chi connectivity index (χ3v) is 4.31. The third-order valence-electron chi connectivity index (χ3n) is 3.39. The fourth-order valence-electron chi connectivity index (χ4n) is 2.36. The van der Waals surface area contributed by atoms with E-state index in [1.165, 1.54) is 10.4 Å². The second-order valence-electron chi connectivity index (χ2n) is 4.65. The lowest BCUT2D eigenvalue weighted by Gasteiger charge is -2.11. The maximum atomic E-state index is 8.37. The van der Waals surface area contributed by atoms with Crippen molar-refractivity contribution in [2.45, 2.75) is 20.0 Å². The third kappa shape index (κ3) is 2.29. The van der Waals surface area contributed by atoms with Crippen LogP contribution in [0.25, 0.3) is 0 Å². The molecule has 1 aliphatic rings. The summed E-state index contributed by atoms with van der Waals surface area (Å²) in [4.78, 5) is 1.24. The fraction of sp³-hybridized carbons (Fsp3) is 0.267. The molecular formula is C15H17N3S. The molecule has 98 valence electrons. The number of rotatable bonds is 3. The highest BCUT2D eigenvalue weighted by molar-refractivity contribution is 7.10. The fourth-order valence-corrected chi connectivity index (χ4v) is 3.18. The van der Waals surface area contributed by atoms with Crippen molar-refractivity contribution >= 4 is 22.7 Å². The zero-order valence-electron chi connectivity index (χ0n) is 10.9. The second-order valence-corrected chi connectivity index (χ2v) is 5.65. The van der Waals surface area contributed by atoms with Gasteiger partial charge in [-0.1, -0.05) is 19.1 Å². The van der Waals surface area contributed by atoms with Gasteiger partial charge in [-0.05, 0) is 29.6 Å². The van der Waals surface area contributed by atoms with Crippen molar-refractivity contribution in [3.63, 3.8) is 0 Å². The van der Waals surface area contributed by atoms with E-state index in [0.29, 0.717) is 5.71 Å². The lowest BCUT2D eigenvalue weighted by molar-refractivity contribution is 0.727. The Kier molecular flexibility index (Phi) is 3.36. The van der Waals surface area contributed by atoms with E-state index in [4.69, 9.17) is 5.41 Å². The summed E-state index contributed by atoms with van der Waals surface area (Å²) >= 11 is 1.72. The Morgan fingerprint density at radius 2 is 2.21 bits per heavy atom. The number of fused-ring (bicyclic) bond motifs is 2. The minimum absolute atomic E-state index is 0.631. The molecule has 1 aromatic carbocycles. The maximum Gasteiger partial charge on any atom is 0.0717 e. The highest BCUT2D eigenvalue weighted by atomic mass is 32.1. The molecule has 2 aromatic rings. The molecule has 2 heterocycles. The van der Waals surface area contributed by atoms with Crippen LogP contribution in [0.2, 0.25) is 0 Å². The van der Waals surface area contributed by atoms with Crippen molar-refractivity contribution in [1.29, 1.82) is 5.41 Å². The van der Waals surface area contributed by atoms with Gasteiger partial charge in [-0.15, -0.1) is 11.3 Å². The Bertz CT molecular complexity index is 616. The van der Waals surface area contributed by atoms with Crippen molar-refractivity contribution < 1.29 is 0 Å². The van der Waals surface area contributed by atoms with Crippen LogP contribution in [0.3, 0.4) is 0 Å². The van der Waals surface area contributed by atoms with Gasteiger partial charge in [-0.2, -0.15) is 0 Å². The largest absolute Gasteiger partial charge is 0.380 e. The van der Waals surface area contributed by atoms with E-state index in [1.54, 1.807) is 11.3 Å². The Labute approximate surface area is 117 Å². The number of hydrogen-bond acceptors (Lipinski definition) is 4. The van der Waals surface area contributed by atoms with Crippen LogP contribution >= 0.6 is 11.3 Å². The van der Waals surface area contributed by atoms with Crippen LogP contribution in [0.4, 0.5) is 5.69 Å². The Hall–Kier alpha value is -1.65. The number of nitrogens with one attached hydrogen (secondary N) is 3. The van der Waals surface area contributed by atoms with Crippen LogP contribution in [0.15, 0.2) is 29.6 Å². The smallest absolute Gasteiger partial charge is 0.0717 e. The van der Waals surface area contributed by atoms with E-state index in [-0.39, 0.29) is 0 Å². The summed E-state index contributed by atoms with van der Waals surface area (Å²) in [6, 6.07) is 8.37. The van der Waals surface area contributed by atoms with Gasteiger partial charge in [0.05, 0.1) is 12.3 Å². The SMILES string of the molecule is CCNCc1ccc2c(c1)NCc1sccc1C2=N. The van der Waals surface area contributed by atoms with Crippen molar-refractivity contribution in [3.05, 3.63) is 51.2 Å². The van der Waals surface area contributed by atoms with Crippen molar-refractivity contribution in [1.82, 2.24) is 5.32 Å². The van der Waals surface area contributed by atoms with Crippen molar-refractivity contribution in [2.24, 2.45) is 0 Å². The van der Waals surface area contributed by atoms with Crippen LogP contribution in [-0.4, -0.2) is 12.3 Å². The molecule has 3 rings (SSSR count). The normalized spacial score (nSPS) is 13.4. The zero-order valence-corrected chi connectivity index (χ0v) is 11.7. The van der Waals surface area contributed by atoms with E-state index in [0.717, 1.165) is 36.4 Å².